The zero-order valence-corrected chi connectivity index (χ0v) is 16.4. The van der Waals surface area contributed by atoms with Crippen LogP contribution >= 0.6 is 23.2 Å². The standard InChI is InChI=1S/C18H15Cl2N3O3S/c19-13-8-9-14(20)16(11-13)27(24,25)23-10-4-7-15(23)18-21-17(22-26-18)12-5-2-1-3-6-12/h1-3,5-6,8-9,11,15H,4,7,10H2. The van der Waals surface area contributed by atoms with Crippen LogP contribution < -0.4 is 0 Å². The molecular formula is C18H15Cl2N3O3S. The van der Waals surface area contributed by atoms with E-state index < -0.39 is 16.1 Å². The van der Waals surface area contributed by atoms with Crippen molar-refractivity contribution in [1.29, 1.82) is 0 Å². The van der Waals surface area contributed by atoms with Crippen molar-refractivity contribution >= 4 is 33.2 Å². The van der Waals surface area contributed by atoms with Crippen molar-refractivity contribution in [3.63, 3.8) is 0 Å². The molecule has 2 aromatic carbocycles. The Bertz CT molecular complexity index is 1070. The monoisotopic (exact) mass is 423 g/mol. The van der Waals surface area contributed by atoms with Gasteiger partial charge in [0.05, 0.1) is 5.02 Å². The number of halogens is 2. The number of aromatic nitrogens is 2. The highest BCUT2D eigenvalue weighted by Crippen LogP contribution is 2.38. The van der Waals surface area contributed by atoms with E-state index in [9.17, 15) is 8.42 Å². The molecule has 0 spiro atoms. The van der Waals surface area contributed by atoms with Crippen molar-refractivity contribution in [2.75, 3.05) is 6.54 Å². The van der Waals surface area contributed by atoms with Crippen molar-refractivity contribution in [3.05, 3.63) is 64.5 Å². The third-order valence-corrected chi connectivity index (χ3v) is 7.07. The van der Waals surface area contributed by atoms with Gasteiger partial charge in [-0.2, -0.15) is 9.29 Å². The maximum absolute atomic E-state index is 13.2. The summed E-state index contributed by atoms with van der Waals surface area (Å²) < 4.78 is 33.1. The first kappa shape index (κ1) is 18.4. The second kappa shape index (κ2) is 7.24. The van der Waals surface area contributed by atoms with Crippen LogP contribution in [0.25, 0.3) is 11.4 Å². The Morgan fingerprint density at radius 3 is 2.67 bits per heavy atom. The Labute approximate surface area is 166 Å². The highest BCUT2D eigenvalue weighted by molar-refractivity contribution is 7.89. The summed E-state index contributed by atoms with van der Waals surface area (Å²) in [4.78, 5) is 4.40. The second-order valence-electron chi connectivity index (χ2n) is 6.17. The van der Waals surface area contributed by atoms with Crippen LogP contribution in [0.4, 0.5) is 0 Å². The smallest absolute Gasteiger partial charge is 0.245 e. The van der Waals surface area contributed by atoms with E-state index in [1.807, 2.05) is 30.3 Å². The lowest BCUT2D eigenvalue weighted by Crippen LogP contribution is -2.31. The van der Waals surface area contributed by atoms with E-state index in [1.54, 1.807) is 6.07 Å². The average Bonchev–Trinajstić information content (AvgIpc) is 3.33. The van der Waals surface area contributed by atoms with Crippen molar-refractivity contribution in [3.8, 4) is 11.4 Å². The van der Waals surface area contributed by atoms with Crippen LogP contribution in [-0.4, -0.2) is 29.4 Å². The summed E-state index contributed by atoms with van der Waals surface area (Å²) in [7, 11) is -3.86. The Hall–Kier alpha value is -1.93. The van der Waals surface area contributed by atoms with Gasteiger partial charge in [0.2, 0.25) is 21.7 Å². The summed E-state index contributed by atoms with van der Waals surface area (Å²) >= 11 is 12.1. The number of rotatable bonds is 4. The van der Waals surface area contributed by atoms with Gasteiger partial charge >= 0.3 is 0 Å². The van der Waals surface area contributed by atoms with Crippen molar-refractivity contribution in [1.82, 2.24) is 14.4 Å². The molecule has 6 nitrogen and oxygen atoms in total. The maximum Gasteiger partial charge on any atom is 0.245 e. The fraction of sp³-hybridized carbons (Fsp3) is 0.222. The van der Waals surface area contributed by atoms with Crippen LogP contribution in [0.15, 0.2) is 57.9 Å². The highest BCUT2D eigenvalue weighted by Gasteiger charge is 2.40. The molecule has 0 N–H and O–H groups in total. The van der Waals surface area contributed by atoms with Crippen molar-refractivity contribution in [2.24, 2.45) is 0 Å². The largest absolute Gasteiger partial charge is 0.337 e. The summed E-state index contributed by atoms with van der Waals surface area (Å²) in [6.45, 7) is 0.346. The minimum absolute atomic E-state index is 0.0219. The molecule has 0 radical (unpaired) electrons. The average molecular weight is 424 g/mol. The fourth-order valence-electron chi connectivity index (χ4n) is 3.15. The molecule has 0 amide bonds. The van der Waals surface area contributed by atoms with Crippen LogP contribution in [0.3, 0.4) is 0 Å². The molecule has 27 heavy (non-hydrogen) atoms. The molecule has 1 unspecified atom stereocenters. The number of hydrogen-bond donors (Lipinski definition) is 0. The van der Waals surface area contributed by atoms with Gasteiger partial charge in [-0.1, -0.05) is 58.7 Å². The highest BCUT2D eigenvalue weighted by atomic mass is 35.5. The quantitative estimate of drug-likeness (QED) is 0.613. The predicted octanol–water partition coefficient (Wildman–Crippen LogP) is 4.57. The van der Waals surface area contributed by atoms with E-state index in [4.69, 9.17) is 27.7 Å². The van der Waals surface area contributed by atoms with Gasteiger partial charge in [0, 0.05) is 17.1 Å². The van der Waals surface area contributed by atoms with E-state index in [0.29, 0.717) is 30.2 Å². The molecule has 1 fully saturated rings. The Kier molecular flexibility index (Phi) is 4.94. The summed E-state index contributed by atoms with van der Waals surface area (Å²) in [6, 6.07) is 13.2. The van der Waals surface area contributed by atoms with Crippen molar-refractivity contribution < 1.29 is 12.9 Å². The first-order valence-corrected chi connectivity index (χ1v) is 10.5. The van der Waals surface area contributed by atoms with Gasteiger partial charge in [0.25, 0.3) is 0 Å². The SMILES string of the molecule is O=S(=O)(c1cc(Cl)ccc1Cl)N1CCCC1c1nc(-c2ccccc2)no1. The van der Waals surface area contributed by atoms with Crippen LogP contribution in [0.1, 0.15) is 24.8 Å². The van der Waals surface area contributed by atoms with Crippen LogP contribution in [0.5, 0.6) is 0 Å². The fourth-order valence-corrected chi connectivity index (χ4v) is 5.54. The van der Waals surface area contributed by atoms with Crippen LogP contribution in [0.2, 0.25) is 10.0 Å². The third-order valence-electron chi connectivity index (χ3n) is 4.44. The number of hydrogen-bond acceptors (Lipinski definition) is 5. The molecule has 1 saturated heterocycles. The van der Waals surface area contributed by atoms with Gasteiger partial charge in [-0.25, -0.2) is 8.42 Å². The van der Waals surface area contributed by atoms with E-state index in [0.717, 1.165) is 5.56 Å². The van der Waals surface area contributed by atoms with Gasteiger partial charge in [-0.05, 0) is 31.0 Å². The molecule has 1 aliphatic heterocycles. The molecule has 140 valence electrons. The van der Waals surface area contributed by atoms with E-state index >= 15 is 0 Å². The molecule has 0 saturated carbocycles. The second-order valence-corrected chi connectivity index (χ2v) is 8.87. The van der Waals surface area contributed by atoms with Crippen LogP contribution in [0, 0.1) is 0 Å². The first-order valence-electron chi connectivity index (χ1n) is 8.33. The molecule has 2 heterocycles. The van der Waals surface area contributed by atoms with Gasteiger partial charge in [-0.3, -0.25) is 0 Å². The van der Waals surface area contributed by atoms with Gasteiger partial charge in [-0.15, -0.1) is 0 Å². The van der Waals surface area contributed by atoms with E-state index in [1.165, 1.54) is 16.4 Å². The number of benzene rings is 2. The van der Waals surface area contributed by atoms with Crippen LogP contribution in [-0.2, 0) is 10.0 Å². The minimum Gasteiger partial charge on any atom is -0.337 e. The molecular weight excluding hydrogens is 409 g/mol. The lowest BCUT2D eigenvalue weighted by Gasteiger charge is -2.22. The van der Waals surface area contributed by atoms with E-state index in [2.05, 4.69) is 10.1 Å². The minimum atomic E-state index is -3.86. The van der Waals surface area contributed by atoms with Gasteiger partial charge in [0.1, 0.15) is 10.9 Å². The third kappa shape index (κ3) is 3.48. The first-order chi connectivity index (χ1) is 13.0. The summed E-state index contributed by atoms with van der Waals surface area (Å²) in [6.07, 6.45) is 1.28. The van der Waals surface area contributed by atoms with Crippen molar-refractivity contribution in [2.45, 2.75) is 23.8 Å². The molecule has 1 atom stereocenters. The number of nitrogens with zero attached hydrogens (tertiary/aromatic N) is 3. The Morgan fingerprint density at radius 1 is 1.11 bits per heavy atom. The zero-order chi connectivity index (χ0) is 19.0. The maximum atomic E-state index is 13.2. The molecule has 4 rings (SSSR count). The normalized spacial score (nSPS) is 18.1. The molecule has 1 aliphatic rings. The summed E-state index contributed by atoms with van der Waals surface area (Å²) in [5.74, 6) is 0.698. The van der Waals surface area contributed by atoms with Gasteiger partial charge < -0.3 is 4.52 Å². The molecule has 0 aliphatic carbocycles. The van der Waals surface area contributed by atoms with Gasteiger partial charge in [0.15, 0.2) is 0 Å². The predicted molar refractivity (Wildman–Crippen MR) is 102 cm³/mol. The van der Waals surface area contributed by atoms with E-state index in [-0.39, 0.29) is 15.8 Å². The Balaban J connectivity index is 1.69. The molecule has 1 aromatic heterocycles. The summed E-state index contributed by atoms with van der Waals surface area (Å²) in [5, 5.41) is 4.43. The lowest BCUT2D eigenvalue weighted by atomic mass is 10.2. The topological polar surface area (TPSA) is 76.3 Å². The molecule has 0 bridgehead atoms. The molecule has 9 heteroatoms. The summed E-state index contributed by atoms with van der Waals surface area (Å²) in [5.41, 5.74) is 0.804. The Morgan fingerprint density at radius 2 is 1.89 bits per heavy atom. The molecule has 3 aromatic rings. The zero-order valence-electron chi connectivity index (χ0n) is 14.0. The lowest BCUT2D eigenvalue weighted by molar-refractivity contribution is 0.290. The number of sulfonamides is 1.